The van der Waals surface area contributed by atoms with Crippen LogP contribution in [0.15, 0.2) is 0 Å². The van der Waals surface area contributed by atoms with Crippen LogP contribution in [0.3, 0.4) is 0 Å². The molecule has 0 aliphatic carbocycles. The second-order valence-electron chi connectivity index (χ2n) is 4.55. The first kappa shape index (κ1) is 12.4. The number of rotatable bonds is 4. The van der Waals surface area contributed by atoms with E-state index in [1.54, 1.807) is 0 Å². The zero-order chi connectivity index (χ0) is 10.6. The van der Waals surface area contributed by atoms with Crippen LogP contribution in [0, 0.1) is 11.3 Å². The summed E-state index contributed by atoms with van der Waals surface area (Å²) in [6.45, 7) is 7.50. The quantitative estimate of drug-likeness (QED) is 0.708. The number of carboxylic acids is 1. The molecule has 0 saturated heterocycles. The molecule has 3 heteroatoms. The van der Waals surface area contributed by atoms with Crippen molar-refractivity contribution < 1.29 is 15.0 Å². The van der Waals surface area contributed by atoms with Crippen LogP contribution in [0.25, 0.3) is 0 Å². The highest BCUT2D eigenvalue weighted by Crippen LogP contribution is 2.30. The van der Waals surface area contributed by atoms with Gasteiger partial charge in [0.15, 0.2) is 0 Å². The highest BCUT2D eigenvalue weighted by atomic mass is 16.4. The molecule has 3 nitrogen and oxygen atoms in total. The lowest BCUT2D eigenvalue weighted by molar-refractivity contribution is -0.147. The second-order valence-corrected chi connectivity index (χ2v) is 4.55. The highest BCUT2D eigenvalue weighted by molar-refractivity contribution is 5.70. The maximum Gasteiger partial charge on any atom is 0.307 e. The fraction of sp³-hybridized carbons (Fsp3) is 0.900. The third-order valence-electron chi connectivity index (χ3n) is 2.32. The number of carbonyl (C=O) groups is 1. The van der Waals surface area contributed by atoms with Gasteiger partial charge < -0.3 is 10.2 Å². The maximum atomic E-state index is 10.9. The van der Waals surface area contributed by atoms with Crippen molar-refractivity contribution in [2.24, 2.45) is 11.3 Å². The summed E-state index contributed by atoms with van der Waals surface area (Å²) in [5.41, 5.74) is -0.290. The van der Waals surface area contributed by atoms with Gasteiger partial charge in [0.2, 0.25) is 0 Å². The van der Waals surface area contributed by atoms with E-state index in [1.165, 1.54) is 0 Å². The Balaban J connectivity index is 4.37. The largest absolute Gasteiger partial charge is 0.481 e. The number of aliphatic hydroxyl groups excluding tert-OH is 1. The Labute approximate surface area is 79.8 Å². The van der Waals surface area contributed by atoms with Crippen molar-refractivity contribution in [2.75, 3.05) is 0 Å². The molecule has 0 fully saturated rings. The van der Waals surface area contributed by atoms with E-state index in [0.717, 1.165) is 0 Å². The molecule has 13 heavy (non-hydrogen) atoms. The minimum atomic E-state index is -0.819. The normalized spacial score (nSPS) is 16.7. The smallest absolute Gasteiger partial charge is 0.307 e. The second kappa shape index (κ2) is 4.61. The summed E-state index contributed by atoms with van der Waals surface area (Å²) in [5.74, 6) is -1.29. The Morgan fingerprint density at radius 1 is 1.38 bits per heavy atom. The molecule has 2 unspecified atom stereocenters. The van der Waals surface area contributed by atoms with E-state index >= 15 is 0 Å². The predicted molar refractivity (Wildman–Crippen MR) is 51.5 cm³/mol. The molecule has 0 aliphatic rings. The topological polar surface area (TPSA) is 57.5 Å². The van der Waals surface area contributed by atoms with E-state index in [4.69, 9.17) is 5.11 Å². The highest BCUT2D eigenvalue weighted by Gasteiger charge is 2.32. The van der Waals surface area contributed by atoms with E-state index in [0.29, 0.717) is 12.8 Å². The molecule has 0 bridgehead atoms. The van der Waals surface area contributed by atoms with E-state index in [-0.39, 0.29) is 5.41 Å². The SMILES string of the molecule is CCC(O)CC(C(=O)O)C(C)(C)C. The molecular weight excluding hydrogens is 168 g/mol. The van der Waals surface area contributed by atoms with Gasteiger partial charge in [-0.2, -0.15) is 0 Å². The zero-order valence-electron chi connectivity index (χ0n) is 8.87. The van der Waals surface area contributed by atoms with E-state index < -0.39 is 18.0 Å². The van der Waals surface area contributed by atoms with Crippen LogP contribution in [-0.4, -0.2) is 22.3 Å². The average molecular weight is 188 g/mol. The van der Waals surface area contributed by atoms with Crippen LogP contribution >= 0.6 is 0 Å². The summed E-state index contributed by atoms with van der Waals surface area (Å²) in [5, 5.41) is 18.3. The van der Waals surface area contributed by atoms with Gasteiger partial charge >= 0.3 is 5.97 Å². The summed E-state index contributed by atoms with van der Waals surface area (Å²) < 4.78 is 0. The first-order chi connectivity index (χ1) is 5.79. The number of hydrogen-bond acceptors (Lipinski definition) is 2. The van der Waals surface area contributed by atoms with Gasteiger partial charge in [-0.1, -0.05) is 27.7 Å². The first-order valence-electron chi connectivity index (χ1n) is 4.70. The molecule has 2 atom stereocenters. The summed E-state index contributed by atoms with van der Waals surface area (Å²) in [6.07, 6.45) is 0.454. The Morgan fingerprint density at radius 3 is 2.08 bits per heavy atom. The molecule has 0 rings (SSSR count). The molecular formula is C10H20O3. The molecule has 0 saturated carbocycles. The number of aliphatic hydroxyl groups is 1. The molecule has 78 valence electrons. The van der Waals surface area contributed by atoms with Crippen molar-refractivity contribution in [3.05, 3.63) is 0 Å². The van der Waals surface area contributed by atoms with Crippen molar-refractivity contribution in [3.8, 4) is 0 Å². The number of aliphatic carboxylic acids is 1. The average Bonchev–Trinajstić information content (AvgIpc) is 1.96. The molecule has 0 aromatic rings. The summed E-state index contributed by atoms with van der Waals surface area (Å²) in [6, 6.07) is 0. The Morgan fingerprint density at radius 2 is 1.85 bits per heavy atom. The van der Waals surface area contributed by atoms with E-state index in [1.807, 2.05) is 27.7 Å². The molecule has 0 aliphatic heterocycles. The third kappa shape index (κ3) is 4.27. The minimum absolute atomic E-state index is 0.290. The Kier molecular flexibility index (Phi) is 4.40. The maximum absolute atomic E-state index is 10.9. The van der Waals surface area contributed by atoms with Gasteiger partial charge in [0.1, 0.15) is 0 Å². The van der Waals surface area contributed by atoms with Crippen LogP contribution in [0.1, 0.15) is 40.5 Å². The Hall–Kier alpha value is -0.570. The standard InChI is InChI=1S/C10H20O3/c1-5-7(11)6-8(9(12)13)10(2,3)4/h7-8,11H,5-6H2,1-4H3,(H,12,13). The van der Waals surface area contributed by atoms with Crippen molar-refractivity contribution in [1.29, 1.82) is 0 Å². The fourth-order valence-corrected chi connectivity index (χ4v) is 1.26. The molecule has 0 radical (unpaired) electrons. The number of hydrogen-bond donors (Lipinski definition) is 2. The van der Waals surface area contributed by atoms with Crippen LogP contribution in [0.4, 0.5) is 0 Å². The van der Waals surface area contributed by atoms with Gasteiger partial charge in [-0.3, -0.25) is 4.79 Å². The van der Waals surface area contributed by atoms with Crippen molar-refractivity contribution in [3.63, 3.8) is 0 Å². The predicted octanol–water partition coefficient (Wildman–Crippen LogP) is 1.89. The lowest BCUT2D eigenvalue weighted by atomic mass is 9.77. The molecule has 0 heterocycles. The van der Waals surface area contributed by atoms with Crippen molar-refractivity contribution >= 4 is 5.97 Å². The third-order valence-corrected chi connectivity index (χ3v) is 2.32. The van der Waals surface area contributed by atoms with Gasteiger partial charge in [0.05, 0.1) is 12.0 Å². The van der Waals surface area contributed by atoms with E-state index in [2.05, 4.69) is 0 Å². The van der Waals surface area contributed by atoms with E-state index in [9.17, 15) is 9.90 Å². The molecule has 0 aromatic carbocycles. The number of carboxylic acid groups (broad SMARTS) is 1. The molecule has 0 spiro atoms. The summed E-state index contributed by atoms with van der Waals surface area (Å²) in [4.78, 5) is 10.9. The van der Waals surface area contributed by atoms with Crippen LogP contribution in [0.2, 0.25) is 0 Å². The fourth-order valence-electron chi connectivity index (χ4n) is 1.26. The molecule has 2 N–H and O–H groups in total. The Bertz CT molecular complexity index is 169. The van der Waals surface area contributed by atoms with Crippen LogP contribution < -0.4 is 0 Å². The minimum Gasteiger partial charge on any atom is -0.481 e. The summed E-state index contributed by atoms with van der Waals surface area (Å²) in [7, 11) is 0. The van der Waals surface area contributed by atoms with Gasteiger partial charge in [-0.15, -0.1) is 0 Å². The lowest BCUT2D eigenvalue weighted by Crippen LogP contribution is -2.31. The van der Waals surface area contributed by atoms with Crippen LogP contribution in [-0.2, 0) is 4.79 Å². The first-order valence-corrected chi connectivity index (χ1v) is 4.70. The lowest BCUT2D eigenvalue weighted by Gasteiger charge is -2.28. The summed E-state index contributed by atoms with van der Waals surface area (Å²) >= 11 is 0. The van der Waals surface area contributed by atoms with Gasteiger partial charge in [-0.05, 0) is 18.3 Å². The van der Waals surface area contributed by atoms with Crippen LogP contribution in [0.5, 0.6) is 0 Å². The monoisotopic (exact) mass is 188 g/mol. The van der Waals surface area contributed by atoms with Crippen molar-refractivity contribution in [2.45, 2.75) is 46.6 Å². The van der Waals surface area contributed by atoms with Gasteiger partial charge in [0, 0.05) is 0 Å². The molecule has 0 amide bonds. The molecule has 0 aromatic heterocycles. The van der Waals surface area contributed by atoms with Gasteiger partial charge in [0.25, 0.3) is 0 Å². The zero-order valence-corrected chi connectivity index (χ0v) is 8.87. The van der Waals surface area contributed by atoms with Crippen molar-refractivity contribution in [1.82, 2.24) is 0 Å². The van der Waals surface area contributed by atoms with Gasteiger partial charge in [-0.25, -0.2) is 0 Å².